The smallest absolute Gasteiger partial charge is 0.305 e. The van der Waals surface area contributed by atoms with Crippen LogP contribution in [0.25, 0.3) is 0 Å². The van der Waals surface area contributed by atoms with Crippen molar-refractivity contribution >= 4 is 40.4 Å². The molecule has 64 heavy (non-hydrogen) atoms. The molecule has 1 amide bonds. The molecule has 0 spiro atoms. The first kappa shape index (κ1) is 64.5. The number of ether oxygens (including phenoxy) is 16. The van der Waals surface area contributed by atoms with Crippen LogP contribution in [-0.4, -0.2) is 257 Å². The van der Waals surface area contributed by atoms with Crippen molar-refractivity contribution in [1.29, 1.82) is 0 Å². The molecule has 5 N–H and O–H groups in total. The molecule has 0 fully saturated rings. The minimum Gasteiger partial charge on any atom is -0.481 e. The zero-order valence-corrected chi connectivity index (χ0v) is 39.9. The summed E-state index contributed by atoms with van der Waals surface area (Å²) in [5, 5.41) is 19.6. The van der Waals surface area contributed by atoms with E-state index < -0.39 is 11.9 Å². The molecule has 0 heterocycles. The van der Waals surface area contributed by atoms with E-state index in [1.54, 1.807) is 0 Å². The maximum absolute atomic E-state index is 11.0. The first-order chi connectivity index (χ1) is 31.4. The van der Waals surface area contributed by atoms with E-state index in [-0.39, 0.29) is 32.0 Å². The summed E-state index contributed by atoms with van der Waals surface area (Å²) < 4.78 is 85.5. The first-order valence-electron chi connectivity index (χ1n) is 21.6. The van der Waals surface area contributed by atoms with Gasteiger partial charge in [-0.25, -0.2) is 0 Å². The number of alkyl halides is 1. The SMILES string of the molecule is NCCOCCOCCOCCOCCOCCOCCOCCOCCC(=O)O.O=C(O)CCOCCOCCOCCOCCOCCOCCOCCOCCNC(=O)CI. The van der Waals surface area contributed by atoms with Crippen LogP contribution in [0.4, 0.5) is 0 Å². The molecule has 0 saturated heterocycles. The van der Waals surface area contributed by atoms with Gasteiger partial charge in [0, 0.05) is 13.1 Å². The van der Waals surface area contributed by atoms with E-state index >= 15 is 0 Å². The van der Waals surface area contributed by atoms with Gasteiger partial charge in [0.2, 0.25) is 5.91 Å². The van der Waals surface area contributed by atoms with Gasteiger partial charge in [0.15, 0.2) is 0 Å². The van der Waals surface area contributed by atoms with Crippen molar-refractivity contribution in [2.24, 2.45) is 5.73 Å². The average molecular weight is 1050 g/mol. The number of hydrogen-bond acceptors (Lipinski definition) is 20. The van der Waals surface area contributed by atoms with Crippen LogP contribution in [0.15, 0.2) is 0 Å². The Morgan fingerprint density at radius 1 is 0.328 bits per heavy atom. The molecule has 382 valence electrons. The second-order valence-corrected chi connectivity index (χ2v) is 13.1. The molecule has 0 atom stereocenters. The minimum absolute atomic E-state index is 0.00102. The van der Waals surface area contributed by atoms with Gasteiger partial charge in [-0.3, -0.25) is 14.4 Å². The van der Waals surface area contributed by atoms with E-state index in [1.165, 1.54) is 0 Å². The fourth-order valence-electron chi connectivity index (χ4n) is 4.00. The Balaban J connectivity index is 0. The third-order valence-corrected chi connectivity index (χ3v) is 7.77. The highest BCUT2D eigenvalue weighted by molar-refractivity contribution is 14.1. The summed E-state index contributed by atoms with van der Waals surface area (Å²) in [6.45, 7) is 15.8. The molecule has 0 aliphatic rings. The predicted octanol–water partition coefficient (Wildman–Crippen LogP) is -0.302. The number of rotatable bonds is 54. The van der Waals surface area contributed by atoms with Crippen LogP contribution in [0.3, 0.4) is 0 Å². The van der Waals surface area contributed by atoms with Crippen molar-refractivity contribution in [3.8, 4) is 0 Å². The van der Waals surface area contributed by atoms with E-state index in [0.29, 0.717) is 216 Å². The van der Waals surface area contributed by atoms with Crippen molar-refractivity contribution in [2.75, 3.05) is 229 Å². The molecule has 0 radical (unpaired) electrons. The zero-order valence-electron chi connectivity index (χ0n) is 37.8. The van der Waals surface area contributed by atoms with Crippen LogP contribution in [0.2, 0.25) is 0 Å². The van der Waals surface area contributed by atoms with Crippen molar-refractivity contribution < 1.29 is 100 Å². The van der Waals surface area contributed by atoms with Gasteiger partial charge in [-0.2, -0.15) is 0 Å². The highest BCUT2D eigenvalue weighted by Gasteiger charge is 2.00. The van der Waals surface area contributed by atoms with E-state index in [1.807, 2.05) is 22.6 Å². The molecule has 0 unspecified atom stereocenters. The van der Waals surface area contributed by atoms with E-state index in [4.69, 9.17) is 91.7 Å². The molecule has 0 aliphatic heterocycles. The number of carboxylic acid groups (broad SMARTS) is 2. The van der Waals surface area contributed by atoms with E-state index in [0.717, 1.165) is 0 Å². The largest absolute Gasteiger partial charge is 0.481 e. The Morgan fingerprint density at radius 3 is 0.703 bits per heavy atom. The van der Waals surface area contributed by atoms with Crippen molar-refractivity contribution in [3.63, 3.8) is 0 Å². The first-order valence-corrected chi connectivity index (χ1v) is 23.2. The summed E-state index contributed by atoms with van der Waals surface area (Å²) >= 11 is 2.01. The molecule has 0 aliphatic carbocycles. The highest BCUT2D eigenvalue weighted by Crippen LogP contribution is 1.89. The molecule has 0 aromatic rings. The number of hydrogen-bond donors (Lipinski definition) is 4. The zero-order chi connectivity index (χ0) is 46.9. The molecule has 0 aromatic heterocycles. The maximum Gasteiger partial charge on any atom is 0.305 e. The van der Waals surface area contributed by atoms with Crippen LogP contribution < -0.4 is 11.1 Å². The van der Waals surface area contributed by atoms with E-state index in [2.05, 4.69) is 5.32 Å². The molecule has 0 bridgehead atoms. The molecular formula is C40H79IN2O21. The second-order valence-electron chi connectivity index (χ2n) is 12.4. The number of aliphatic carboxylic acids is 2. The lowest BCUT2D eigenvalue weighted by atomic mass is 10.5. The van der Waals surface area contributed by atoms with Gasteiger partial charge in [-0.05, 0) is 0 Å². The third-order valence-electron chi connectivity index (χ3n) is 7.08. The molecular weight excluding hydrogens is 971 g/mol. The summed E-state index contributed by atoms with van der Waals surface area (Å²) in [5.74, 6) is -1.74. The Kier molecular flexibility index (Phi) is 60.0. The Bertz CT molecular complexity index is 953. The summed E-state index contributed by atoms with van der Waals surface area (Å²) in [4.78, 5) is 31.6. The van der Waals surface area contributed by atoms with Crippen LogP contribution in [0, 0.1) is 0 Å². The van der Waals surface area contributed by atoms with Crippen molar-refractivity contribution in [2.45, 2.75) is 12.8 Å². The van der Waals surface area contributed by atoms with Gasteiger partial charge in [0.1, 0.15) is 0 Å². The second kappa shape index (κ2) is 59.5. The number of carboxylic acids is 2. The molecule has 0 rings (SSSR count). The fourth-order valence-corrected chi connectivity index (χ4v) is 4.26. The van der Waals surface area contributed by atoms with Gasteiger partial charge in [0.25, 0.3) is 0 Å². The fraction of sp³-hybridized carbons (Fsp3) is 0.925. The summed E-state index contributed by atoms with van der Waals surface area (Å²) in [7, 11) is 0. The van der Waals surface area contributed by atoms with Gasteiger partial charge >= 0.3 is 11.9 Å². The van der Waals surface area contributed by atoms with Gasteiger partial charge in [0.05, 0.1) is 229 Å². The lowest BCUT2D eigenvalue weighted by Gasteiger charge is -2.08. The number of nitrogens with two attached hydrogens (primary N) is 1. The topological polar surface area (TPSA) is 277 Å². The lowest BCUT2D eigenvalue weighted by molar-refractivity contribution is -0.139. The van der Waals surface area contributed by atoms with Crippen LogP contribution in [0.1, 0.15) is 12.8 Å². The molecule has 0 aromatic carbocycles. The van der Waals surface area contributed by atoms with Crippen LogP contribution in [-0.2, 0) is 90.2 Å². The number of amides is 1. The number of halogens is 1. The summed E-state index contributed by atoms with van der Waals surface area (Å²) in [6, 6.07) is 0. The summed E-state index contributed by atoms with van der Waals surface area (Å²) in [5.41, 5.74) is 5.30. The minimum atomic E-state index is -0.874. The summed E-state index contributed by atoms with van der Waals surface area (Å²) in [6.07, 6.45) is 0.00335. The molecule has 24 heteroatoms. The lowest BCUT2D eigenvalue weighted by Crippen LogP contribution is -2.28. The molecule has 23 nitrogen and oxygen atoms in total. The normalized spacial score (nSPS) is 11.2. The average Bonchev–Trinajstić information content (AvgIpc) is 3.28. The van der Waals surface area contributed by atoms with Crippen molar-refractivity contribution in [1.82, 2.24) is 5.32 Å². The predicted molar refractivity (Wildman–Crippen MR) is 239 cm³/mol. The number of carbonyl (C=O) groups is 3. The maximum atomic E-state index is 11.0. The van der Waals surface area contributed by atoms with E-state index in [9.17, 15) is 14.4 Å². The number of nitrogens with one attached hydrogen (secondary N) is 1. The quantitative estimate of drug-likeness (QED) is 0.0346. The Labute approximate surface area is 392 Å². The van der Waals surface area contributed by atoms with Gasteiger partial charge in [-0.1, -0.05) is 22.6 Å². The Morgan fingerprint density at radius 2 is 0.516 bits per heavy atom. The standard InChI is InChI=1S/C21H40INO11.C19H39NO10/c22-19-20(24)23-2-4-28-6-8-30-10-12-32-14-16-34-18-17-33-15-13-31-11-9-29-7-5-27-3-1-21(25)26;20-2-4-24-6-8-26-10-12-28-14-16-30-18-17-29-15-13-27-11-9-25-7-5-23-3-1-19(21)22/h1-19H2,(H,23,24)(H,25,26);1-18,20H2,(H,21,22). The highest BCUT2D eigenvalue weighted by atomic mass is 127. The monoisotopic (exact) mass is 1050 g/mol. The van der Waals surface area contributed by atoms with Crippen molar-refractivity contribution in [3.05, 3.63) is 0 Å². The number of carbonyl (C=O) groups excluding carboxylic acids is 1. The Hall–Kier alpha value is -1.54. The third kappa shape index (κ3) is 64.7. The van der Waals surface area contributed by atoms with Gasteiger partial charge < -0.3 is 97.1 Å². The van der Waals surface area contributed by atoms with Gasteiger partial charge in [-0.15, -0.1) is 0 Å². The van der Waals surface area contributed by atoms with Crippen LogP contribution in [0.5, 0.6) is 0 Å². The molecule has 0 saturated carbocycles. The van der Waals surface area contributed by atoms with Crippen LogP contribution >= 0.6 is 22.6 Å².